The molecule has 0 aromatic heterocycles. The van der Waals surface area contributed by atoms with Gasteiger partial charge in [0.15, 0.2) is 0 Å². The largest absolute Gasteiger partial charge is 0.480 e. The molecule has 0 unspecified atom stereocenters. The second-order valence-corrected chi connectivity index (χ2v) is 5.85. The summed E-state index contributed by atoms with van der Waals surface area (Å²) in [6.07, 6.45) is 0.527. The van der Waals surface area contributed by atoms with Gasteiger partial charge in [-0.05, 0) is 12.3 Å². The molecule has 1 fully saturated rings. The Balaban J connectivity index is 2.95. The molecular weight excluding hydrogens is 206 g/mol. The van der Waals surface area contributed by atoms with Crippen molar-refractivity contribution in [1.82, 2.24) is 4.31 Å². The van der Waals surface area contributed by atoms with Crippen molar-refractivity contribution in [3.63, 3.8) is 0 Å². The van der Waals surface area contributed by atoms with Crippen molar-refractivity contribution in [2.24, 2.45) is 5.92 Å². The molecule has 0 aliphatic carbocycles. The number of rotatable bonds is 3. The van der Waals surface area contributed by atoms with E-state index in [4.69, 9.17) is 5.11 Å². The monoisotopic (exact) mass is 221 g/mol. The molecule has 1 N–H and O–H groups in total. The van der Waals surface area contributed by atoms with Crippen LogP contribution in [0.3, 0.4) is 0 Å². The molecule has 0 bridgehead atoms. The maximum Gasteiger partial charge on any atom is 0.322 e. The molecule has 0 aromatic carbocycles. The Morgan fingerprint density at radius 3 is 2.29 bits per heavy atom. The third-order valence-electron chi connectivity index (χ3n) is 2.33. The van der Waals surface area contributed by atoms with Crippen molar-refractivity contribution in [1.29, 1.82) is 0 Å². The lowest BCUT2D eigenvalue weighted by Crippen LogP contribution is -2.45. The molecule has 0 spiro atoms. The van der Waals surface area contributed by atoms with Crippen molar-refractivity contribution >= 4 is 16.0 Å². The predicted molar refractivity (Wildman–Crippen MR) is 51.4 cm³/mol. The first kappa shape index (κ1) is 11.5. The van der Waals surface area contributed by atoms with Crippen LogP contribution in [0.2, 0.25) is 0 Å². The lowest BCUT2D eigenvalue weighted by atomic mass is 10.0. The van der Waals surface area contributed by atoms with Crippen LogP contribution in [0.25, 0.3) is 0 Å². The molecule has 1 heterocycles. The van der Waals surface area contributed by atoms with E-state index in [0.717, 1.165) is 4.31 Å². The summed E-state index contributed by atoms with van der Waals surface area (Å²) in [5.41, 5.74) is 0. The summed E-state index contributed by atoms with van der Waals surface area (Å²) < 4.78 is 24.1. The molecule has 82 valence electrons. The molecule has 0 aromatic rings. The van der Waals surface area contributed by atoms with Crippen LogP contribution in [-0.4, -0.2) is 42.1 Å². The summed E-state index contributed by atoms with van der Waals surface area (Å²) in [6, 6.07) is -0.914. The van der Waals surface area contributed by atoms with E-state index in [1.165, 1.54) is 0 Å². The first-order valence-electron chi connectivity index (χ1n) is 4.58. The van der Waals surface area contributed by atoms with Gasteiger partial charge in [0, 0.05) is 6.54 Å². The number of nitrogens with zero attached hydrogens (tertiary/aromatic N) is 1. The molecule has 1 atom stereocenters. The van der Waals surface area contributed by atoms with E-state index >= 15 is 0 Å². The van der Waals surface area contributed by atoms with Gasteiger partial charge in [-0.15, -0.1) is 0 Å². The third kappa shape index (κ3) is 2.06. The number of carbonyl (C=O) groups is 1. The first-order chi connectivity index (χ1) is 6.36. The highest BCUT2D eigenvalue weighted by Gasteiger charge is 2.39. The Morgan fingerprint density at radius 1 is 1.43 bits per heavy atom. The molecule has 0 saturated carbocycles. The number of hydrogen-bond acceptors (Lipinski definition) is 3. The van der Waals surface area contributed by atoms with E-state index in [9.17, 15) is 13.2 Å². The van der Waals surface area contributed by atoms with Gasteiger partial charge in [0.25, 0.3) is 0 Å². The van der Waals surface area contributed by atoms with Gasteiger partial charge in [-0.25, -0.2) is 8.42 Å². The molecule has 1 aliphatic rings. The van der Waals surface area contributed by atoms with Crippen molar-refractivity contribution in [2.45, 2.75) is 26.3 Å². The average molecular weight is 221 g/mol. The fourth-order valence-electron chi connectivity index (χ4n) is 1.71. The van der Waals surface area contributed by atoms with Gasteiger partial charge >= 0.3 is 5.97 Å². The van der Waals surface area contributed by atoms with Gasteiger partial charge in [-0.2, -0.15) is 4.31 Å². The quantitative estimate of drug-likeness (QED) is 0.735. The van der Waals surface area contributed by atoms with E-state index in [1.54, 1.807) is 13.8 Å². The Morgan fingerprint density at radius 2 is 2.00 bits per heavy atom. The zero-order valence-electron chi connectivity index (χ0n) is 8.30. The Labute approximate surface area is 83.8 Å². The molecule has 1 rings (SSSR count). The van der Waals surface area contributed by atoms with E-state index in [2.05, 4.69) is 0 Å². The van der Waals surface area contributed by atoms with Gasteiger partial charge in [0.1, 0.15) is 6.04 Å². The van der Waals surface area contributed by atoms with Gasteiger partial charge in [-0.1, -0.05) is 13.8 Å². The number of sulfonamides is 1. The maximum absolute atomic E-state index is 11.5. The van der Waals surface area contributed by atoms with Gasteiger partial charge in [0.05, 0.1) is 5.75 Å². The smallest absolute Gasteiger partial charge is 0.322 e. The topological polar surface area (TPSA) is 74.7 Å². The number of hydrogen-bond donors (Lipinski definition) is 1. The van der Waals surface area contributed by atoms with E-state index in [0.29, 0.717) is 13.0 Å². The summed E-state index contributed by atoms with van der Waals surface area (Å²) in [5.74, 6) is -1.20. The molecule has 0 radical (unpaired) electrons. The van der Waals surface area contributed by atoms with E-state index in [1.807, 2.05) is 0 Å². The third-order valence-corrected chi connectivity index (χ3v) is 4.26. The number of carboxylic acids is 1. The van der Waals surface area contributed by atoms with Gasteiger partial charge in [-0.3, -0.25) is 4.79 Å². The maximum atomic E-state index is 11.5. The van der Waals surface area contributed by atoms with Crippen LogP contribution < -0.4 is 0 Å². The average Bonchev–Trinajstić information content (AvgIpc) is 2.29. The Kier molecular flexibility index (Phi) is 3.16. The van der Waals surface area contributed by atoms with Crippen LogP contribution in [0, 0.1) is 5.92 Å². The fraction of sp³-hybridized carbons (Fsp3) is 0.875. The van der Waals surface area contributed by atoms with Crippen molar-refractivity contribution < 1.29 is 18.3 Å². The Bertz CT molecular complexity index is 322. The minimum atomic E-state index is -3.32. The van der Waals surface area contributed by atoms with Gasteiger partial charge in [0.2, 0.25) is 10.0 Å². The fourth-order valence-corrected chi connectivity index (χ4v) is 3.53. The van der Waals surface area contributed by atoms with Crippen LogP contribution in [0.1, 0.15) is 20.3 Å². The second-order valence-electron chi connectivity index (χ2n) is 3.81. The van der Waals surface area contributed by atoms with E-state index < -0.39 is 22.0 Å². The minimum Gasteiger partial charge on any atom is -0.480 e. The van der Waals surface area contributed by atoms with Crippen molar-refractivity contribution in [3.05, 3.63) is 0 Å². The molecule has 6 heteroatoms. The zero-order chi connectivity index (χ0) is 10.9. The lowest BCUT2D eigenvalue weighted by molar-refractivity contribution is -0.142. The van der Waals surface area contributed by atoms with Crippen LogP contribution in [0.15, 0.2) is 0 Å². The molecular formula is C8H15NO4S. The van der Waals surface area contributed by atoms with Crippen molar-refractivity contribution in [3.8, 4) is 0 Å². The molecule has 14 heavy (non-hydrogen) atoms. The highest BCUT2D eigenvalue weighted by molar-refractivity contribution is 7.89. The lowest BCUT2D eigenvalue weighted by Gasteiger charge is -2.25. The van der Waals surface area contributed by atoms with Crippen LogP contribution in [0.5, 0.6) is 0 Å². The standard InChI is InChI=1S/C8H15NO4S/c1-6(2)7(8(10)11)9-4-3-5-14(9,12)13/h6-7H,3-5H2,1-2H3,(H,10,11)/t7-/m0/s1. The number of carboxylic acid groups (broad SMARTS) is 1. The number of aliphatic carboxylic acids is 1. The zero-order valence-corrected chi connectivity index (χ0v) is 9.12. The summed E-state index contributed by atoms with van der Waals surface area (Å²) in [4.78, 5) is 10.9. The first-order valence-corrected chi connectivity index (χ1v) is 6.19. The van der Waals surface area contributed by atoms with Crippen molar-refractivity contribution in [2.75, 3.05) is 12.3 Å². The summed E-state index contributed by atoms with van der Waals surface area (Å²) >= 11 is 0. The summed E-state index contributed by atoms with van der Waals surface area (Å²) in [5, 5.41) is 8.93. The molecule has 0 amide bonds. The van der Waals surface area contributed by atoms with Crippen LogP contribution in [0.4, 0.5) is 0 Å². The summed E-state index contributed by atoms with van der Waals surface area (Å²) in [6.45, 7) is 3.76. The van der Waals surface area contributed by atoms with Gasteiger partial charge < -0.3 is 5.11 Å². The predicted octanol–water partition coefficient (Wildman–Crippen LogP) is 0.131. The highest BCUT2D eigenvalue weighted by Crippen LogP contribution is 2.21. The molecule has 1 aliphatic heterocycles. The normalized spacial score (nSPS) is 23.9. The second kappa shape index (κ2) is 3.86. The van der Waals surface area contributed by atoms with Crippen LogP contribution >= 0.6 is 0 Å². The highest BCUT2D eigenvalue weighted by atomic mass is 32.2. The minimum absolute atomic E-state index is 0.0729. The Hall–Kier alpha value is -0.620. The van der Waals surface area contributed by atoms with Crippen LogP contribution in [-0.2, 0) is 14.8 Å². The summed E-state index contributed by atoms with van der Waals surface area (Å²) in [7, 11) is -3.32. The SMILES string of the molecule is CC(C)[C@@H](C(=O)O)N1CCCS1(=O)=O. The molecule has 1 saturated heterocycles. The molecule has 5 nitrogen and oxygen atoms in total. The van der Waals surface area contributed by atoms with E-state index in [-0.39, 0.29) is 11.7 Å².